The lowest BCUT2D eigenvalue weighted by Gasteiger charge is -2.04. The lowest BCUT2D eigenvalue weighted by molar-refractivity contribution is -0.117. The van der Waals surface area contributed by atoms with E-state index in [2.05, 4.69) is 32.9 Å². The summed E-state index contributed by atoms with van der Waals surface area (Å²) in [6, 6.07) is 0. The van der Waals surface area contributed by atoms with Crippen LogP contribution in [-0.4, -0.2) is 20.5 Å². The zero-order valence-corrected chi connectivity index (χ0v) is 13.9. The Hall–Kier alpha value is -1.21. The summed E-state index contributed by atoms with van der Waals surface area (Å²) in [5.41, 5.74) is 8.25. The molecule has 2 N–H and O–H groups in total. The van der Waals surface area contributed by atoms with Crippen LogP contribution in [0.25, 0.3) is 0 Å². The fourth-order valence-corrected chi connectivity index (χ4v) is 3.31. The predicted molar refractivity (Wildman–Crippen MR) is 83.9 cm³/mol. The van der Waals surface area contributed by atoms with Crippen molar-refractivity contribution < 1.29 is 4.79 Å². The minimum atomic E-state index is 0.119. The van der Waals surface area contributed by atoms with E-state index in [4.69, 9.17) is 5.73 Å². The smallest absolute Gasteiger partial charge is 0.180 e. The Morgan fingerprint density at radius 2 is 2.20 bits per heavy atom. The third kappa shape index (κ3) is 3.27. The Kier molecular flexibility index (Phi) is 4.93. The first-order chi connectivity index (χ1) is 9.55. The van der Waals surface area contributed by atoms with Crippen LogP contribution in [0.5, 0.6) is 0 Å². The summed E-state index contributed by atoms with van der Waals surface area (Å²) < 4.78 is 2.84. The maximum atomic E-state index is 12.2. The summed E-state index contributed by atoms with van der Waals surface area (Å²) in [4.78, 5) is 16.3. The quantitative estimate of drug-likeness (QED) is 0.863. The van der Waals surface area contributed by atoms with Gasteiger partial charge in [0.1, 0.15) is 5.78 Å². The lowest BCUT2D eigenvalue weighted by atomic mass is 10.1. The summed E-state index contributed by atoms with van der Waals surface area (Å²) in [6.07, 6.45) is 1.52. The van der Waals surface area contributed by atoms with Crippen molar-refractivity contribution in [2.24, 2.45) is 0 Å². The maximum Gasteiger partial charge on any atom is 0.180 e. The number of carbonyl (C=O) groups excluding carboxylic acids is 1. The number of hydrogen-bond donors (Lipinski definition) is 1. The fraction of sp³-hybridized carbons (Fsp3) is 0.462. The van der Waals surface area contributed by atoms with E-state index < -0.39 is 0 Å². The maximum absolute atomic E-state index is 12.2. The number of aromatic nitrogens is 3. The second kappa shape index (κ2) is 6.49. The van der Waals surface area contributed by atoms with Crippen LogP contribution in [0.1, 0.15) is 30.9 Å². The van der Waals surface area contributed by atoms with E-state index in [1.165, 1.54) is 11.3 Å². The molecule has 20 heavy (non-hydrogen) atoms. The summed E-state index contributed by atoms with van der Waals surface area (Å²) in [7, 11) is 0. The van der Waals surface area contributed by atoms with Gasteiger partial charge in [-0.25, -0.2) is 4.98 Å². The minimum Gasteiger partial charge on any atom is -0.375 e. The Balaban J connectivity index is 2.13. The molecule has 2 aromatic heterocycles. The average molecular weight is 357 g/mol. The van der Waals surface area contributed by atoms with Gasteiger partial charge >= 0.3 is 0 Å². The highest BCUT2D eigenvalue weighted by atomic mass is 79.9. The standard InChI is InChI=1S/C13H17BrN4OS/c1-3-10-12(14)11(18(4-2)17-10)6-9(19)5-8-7-20-13(15)16-8/h7H,3-6H2,1-2H3,(H2,15,16). The highest BCUT2D eigenvalue weighted by Crippen LogP contribution is 2.23. The van der Waals surface area contributed by atoms with Crippen molar-refractivity contribution >= 4 is 38.2 Å². The molecule has 0 atom stereocenters. The molecule has 0 bridgehead atoms. The molecule has 2 heterocycles. The van der Waals surface area contributed by atoms with Crippen LogP contribution in [0.2, 0.25) is 0 Å². The normalized spacial score (nSPS) is 10.9. The van der Waals surface area contributed by atoms with Crippen LogP contribution >= 0.6 is 27.3 Å². The zero-order chi connectivity index (χ0) is 14.7. The summed E-state index contributed by atoms with van der Waals surface area (Å²) in [6.45, 7) is 4.83. The van der Waals surface area contributed by atoms with Gasteiger partial charge in [0.15, 0.2) is 5.13 Å². The van der Waals surface area contributed by atoms with Gasteiger partial charge in [-0.1, -0.05) is 6.92 Å². The van der Waals surface area contributed by atoms with E-state index in [1.807, 2.05) is 17.0 Å². The van der Waals surface area contributed by atoms with E-state index in [0.29, 0.717) is 18.0 Å². The molecule has 2 rings (SSSR count). The number of thiazole rings is 1. The Morgan fingerprint density at radius 3 is 2.75 bits per heavy atom. The molecule has 0 aliphatic carbocycles. The molecular weight excluding hydrogens is 340 g/mol. The van der Waals surface area contributed by atoms with E-state index in [0.717, 1.165) is 34.5 Å². The number of hydrogen-bond acceptors (Lipinski definition) is 5. The van der Waals surface area contributed by atoms with Gasteiger partial charge in [-0.3, -0.25) is 9.48 Å². The van der Waals surface area contributed by atoms with Crippen LogP contribution in [-0.2, 0) is 30.6 Å². The minimum absolute atomic E-state index is 0.119. The van der Waals surface area contributed by atoms with E-state index in [9.17, 15) is 4.79 Å². The van der Waals surface area contributed by atoms with Crippen molar-refractivity contribution in [2.75, 3.05) is 5.73 Å². The number of carbonyl (C=O) groups is 1. The largest absolute Gasteiger partial charge is 0.375 e. The molecule has 0 spiro atoms. The monoisotopic (exact) mass is 356 g/mol. The number of ketones is 1. The molecule has 0 aliphatic heterocycles. The van der Waals surface area contributed by atoms with Crippen molar-refractivity contribution in [1.29, 1.82) is 0 Å². The van der Waals surface area contributed by atoms with Crippen molar-refractivity contribution in [3.63, 3.8) is 0 Å². The molecule has 0 fully saturated rings. The van der Waals surface area contributed by atoms with Crippen LogP contribution in [0.15, 0.2) is 9.85 Å². The average Bonchev–Trinajstić information content (AvgIpc) is 2.95. The first-order valence-corrected chi connectivity index (χ1v) is 8.18. The molecule has 7 heteroatoms. The van der Waals surface area contributed by atoms with Crippen molar-refractivity contribution in [3.05, 3.63) is 26.9 Å². The summed E-state index contributed by atoms with van der Waals surface area (Å²) in [5, 5.41) is 6.83. The predicted octanol–water partition coefficient (Wildman–Crippen LogP) is 2.62. The van der Waals surface area contributed by atoms with Gasteiger partial charge in [0.05, 0.1) is 28.0 Å². The van der Waals surface area contributed by atoms with Crippen LogP contribution < -0.4 is 5.73 Å². The number of halogens is 1. The second-order valence-electron chi connectivity index (χ2n) is 4.45. The molecule has 0 aromatic carbocycles. The van der Waals surface area contributed by atoms with Gasteiger partial charge in [-0.15, -0.1) is 11.3 Å². The second-order valence-corrected chi connectivity index (χ2v) is 6.13. The Labute approximate surface area is 130 Å². The SMILES string of the molecule is CCc1nn(CC)c(CC(=O)Cc2csc(N)n2)c1Br. The topological polar surface area (TPSA) is 73.8 Å². The van der Waals surface area contributed by atoms with Gasteiger partial charge < -0.3 is 5.73 Å². The molecule has 108 valence electrons. The summed E-state index contributed by atoms with van der Waals surface area (Å²) in [5.74, 6) is 0.119. The lowest BCUT2D eigenvalue weighted by Crippen LogP contribution is -2.12. The van der Waals surface area contributed by atoms with Gasteiger partial charge in [0.25, 0.3) is 0 Å². The molecule has 0 saturated heterocycles. The molecule has 0 saturated carbocycles. The molecule has 2 aromatic rings. The third-order valence-corrected chi connectivity index (χ3v) is 4.64. The number of nitrogen functional groups attached to an aromatic ring is 1. The molecule has 0 amide bonds. The van der Waals surface area contributed by atoms with Crippen LogP contribution in [0, 0.1) is 0 Å². The van der Waals surface area contributed by atoms with Gasteiger partial charge in [0, 0.05) is 18.3 Å². The number of nitrogens with two attached hydrogens (primary N) is 1. The van der Waals surface area contributed by atoms with E-state index in [-0.39, 0.29) is 5.78 Å². The zero-order valence-electron chi connectivity index (χ0n) is 11.5. The van der Waals surface area contributed by atoms with Crippen LogP contribution in [0.3, 0.4) is 0 Å². The van der Waals surface area contributed by atoms with Gasteiger partial charge in [-0.05, 0) is 29.3 Å². The number of aryl methyl sites for hydroxylation is 2. The molecule has 5 nitrogen and oxygen atoms in total. The first kappa shape index (κ1) is 15.2. The Morgan fingerprint density at radius 1 is 1.45 bits per heavy atom. The third-order valence-electron chi connectivity index (χ3n) is 3.01. The highest BCUT2D eigenvalue weighted by molar-refractivity contribution is 9.10. The van der Waals surface area contributed by atoms with Crippen molar-refractivity contribution in [2.45, 2.75) is 39.7 Å². The summed E-state index contributed by atoms with van der Waals surface area (Å²) >= 11 is 4.91. The Bertz CT molecular complexity index is 620. The highest BCUT2D eigenvalue weighted by Gasteiger charge is 2.17. The molecule has 0 unspecified atom stereocenters. The number of anilines is 1. The van der Waals surface area contributed by atoms with E-state index >= 15 is 0 Å². The van der Waals surface area contributed by atoms with Crippen LogP contribution in [0.4, 0.5) is 5.13 Å². The molecule has 0 aliphatic rings. The van der Waals surface area contributed by atoms with Crippen molar-refractivity contribution in [3.8, 4) is 0 Å². The fourth-order valence-electron chi connectivity index (χ4n) is 2.04. The number of nitrogens with zero attached hydrogens (tertiary/aromatic N) is 3. The number of Topliss-reactive ketones (excluding diaryl/α,β-unsaturated/α-hetero) is 1. The van der Waals surface area contributed by atoms with E-state index in [1.54, 1.807) is 0 Å². The van der Waals surface area contributed by atoms with Crippen molar-refractivity contribution in [1.82, 2.24) is 14.8 Å². The number of rotatable bonds is 6. The first-order valence-electron chi connectivity index (χ1n) is 6.50. The van der Waals surface area contributed by atoms with Gasteiger partial charge in [-0.2, -0.15) is 5.10 Å². The molecular formula is C13H17BrN4OS. The van der Waals surface area contributed by atoms with Gasteiger partial charge in [0.2, 0.25) is 0 Å². The molecule has 0 radical (unpaired) electrons.